The number of aromatic nitrogens is 1. The number of hydrogen-bond donors (Lipinski definition) is 1. The average molecular weight is 264 g/mol. The molecular weight excluding hydrogens is 244 g/mol. The van der Waals surface area contributed by atoms with Gasteiger partial charge in [0.1, 0.15) is 11.7 Å². The lowest BCUT2D eigenvalue weighted by Gasteiger charge is -2.23. The third-order valence-electron chi connectivity index (χ3n) is 2.72. The monoisotopic (exact) mass is 264 g/mol. The van der Waals surface area contributed by atoms with E-state index in [9.17, 15) is 4.79 Å². The normalized spacial score (nSPS) is 19.6. The average Bonchev–Trinajstić information content (AvgIpc) is 3.10. The van der Waals surface area contributed by atoms with Crippen molar-refractivity contribution in [3.05, 3.63) is 30.1 Å². The van der Waals surface area contributed by atoms with Crippen LogP contribution < -0.4 is 5.32 Å². The van der Waals surface area contributed by atoms with Crippen molar-refractivity contribution in [3.8, 4) is 0 Å². The van der Waals surface area contributed by atoms with Gasteiger partial charge in [0.2, 0.25) is 0 Å². The molecule has 1 aromatic rings. The molecule has 5 nitrogen and oxygen atoms in total. The van der Waals surface area contributed by atoms with Gasteiger partial charge in [-0.05, 0) is 44.9 Å². The van der Waals surface area contributed by atoms with Crippen LogP contribution in [0.2, 0.25) is 0 Å². The molecule has 1 aliphatic rings. The van der Waals surface area contributed by atoms with Gasteiger partial charge in [0.05, 0.1) is 12.6 Å². The maximum atomic E-state index is 11.8. The van der Waals surface area contributed by atoms with Crippen molar-refractivity contribution in [2.75, 3.05) is 6.61 Å². The molecule has 5 heteroatoms. The second kappa shape index (κ2) is 5.57. The Labute approximate surface area is 113 Å². The van der Waals surface area contributed by atoms with E-state index in [4.69, 9.17) is 9.47 Å². The summed E-state index contributed by atoms with van der Waals surface area (Å²) in [4.78, 5) is 15.8. The van der Waals surface area contributed by atoms with Crippen LogP contribution in [-0.4, -0.2) is 35.4 Å². The number of amides is 1. The Morgan fingerprint density at radius 2 is 2.16 bits per heavy atom. The van der Waals surface area contributed by atoms with Gasteiger partial charge in [-0.3, -0.25) is 4.98 Å². The zero-order valence-electron chi connectivity index (χ0n) is 11.6. The lowest BCUT2D eigenvalue weighted by Crippen LogP contribution is -2.43. The number of epoxide rings is 1. The van der Waals surface area contributed by atoms with Crippen molar-refractivity contribution in [1.82, 2.24) is 10.3 Å². The van der Waals surface area contributed by atoms with E-state index in [-0.39, 0.29) is 12.1 Å². The second-order valence-corrected chi connectivity index (χ2v) is 5.68. The van der Waals surface area contributed by atoms with Crippen LogP contribution in [0.25, 0.3) is 0 Å². The van der Waals surface area contributed by atoms with Gasteiger partial charge < -0.3 is 14.8 Å². The number of alkyl carbamates (subject to hydrolysis) is 1. The predicted octanol–water partition coefficient (Wildman–Crippen LogP) is 1.92. The molecule has 0 aromatic carbocycles. The van der Waals surface area contributed by atoms with Gasteiger partial charge in [0.25, 0.3) is 0 Å². The summed E-state index contributed by atoms with van der Waals surface area (Å²) in [5.41, 5.74) is 0.627. The summed E-state index contributed by atoms with van der Waals surface area (Å²) >= 11 is 0. The van der Waals surface area contributed by atoms with Crippen LogP contribution in [0.15, 0.2) is 24.5 Å². The SMILES string of the molecule is CC(C)(C)OC(=O)N[C@@H](Cc1ccncc1)[C@@H]1CO1. The van der Waals surface area contributed by atoms with Crippen LogP contribution in [0.5, 0.6) is 0 Å². The number of carbonyl (C=O) groups is 1. The van der Waals surface area contributed by atoms with Crippen molar-refractivity contribution in [3.63, 3.8) is 0 Å². The Morgan fingerprint density at radius 1 is 1.53 bits per heavy atom. The number of rotatable bonds is 4. The number of hydrogen-bond acceptors (Lipinski definition) is 4. The minimum atomic E-state index is -0.490. The first-order valence-electron chi connectivity index (χ1n) is 6.44. The fourth-order valence-corrected chi connectivity index (χ4v) is 1.80. The van der Waals surface area contributed by atoms with E-state index < -0.39 is 11.7 Å². The number of pyridine rings is 1. The molecule has 0 bridgehead atoms. The van der Waals surface area contributed by atoms with Gasteiger partial charge in [-0.1, -0.05) is 0 Å². The third kappa shape index (κ3) is 4.87. The molecule has 1 saturated heterocycles. The number of nitrogens with zero attached hydrogens (tertiary/aromatic N) is 1. The van der Waals surface area contributed by atoms with Gasteiger partial charge in [0.15, 0.2) is 0 Å². The molecule has 1 amide bonds. The van der Waals surface area contributed by atoms with E-state index in [1.54, 1.807) is 12.4 Å². The molecular formula is C14H20N2O3. The summed E-state index contributed by atoms with van der Waals surface area (Å²) < 4.78 is 10.6. The van der Waals surface area contributed by atoms with Crippen LogP contribution in [0, 0.1) is 0 Å². The highest BCUT2D eigenvalue weighted by atomic mass is 16.6. The van der Waals surface area contributed by atoms with Crippen molar-refractivity contribution in [2.24, 2.45) is 0 Å². The van der Waals surface area contributed by atoms with Crippen LogP contribution in [-0.2, 0) is 15.9 Å². The summed E-state index contributed by atoms with van der Waals surface area (Å²) in [6.07, 6.45) is 3.89. The van der Waals surface area contributed by atoms with E-state index in [0.29, 0.717) is 13.0 Å². The Balaban J connectivity index is 1.92. The van der Waals surface area contributed by atoms with Crippen molar-refractivity contribution in [1.29, 1.82) is 0 Å². The zero-order chi connectivity index (χ0) is 13.9. The molecule has 2 rings (SSSR count). The maximum Gasteiger partial charge on any atom is 0.407 e. The van der Waals surface area contributed by atoms with Crippen molar-refractivity contribution >= 4 is 6.09 Å². The van der Waals surface area contributed by atoms with Crippen LogP contribution >= 0.6 is 0 Å². The van der Waals surface area contributed by atoms with Crippen molar-refractivity contribution < 1.29 is 14.3 Å². The van der Waals surface area contributed by atoms with Gasteiger partial charge in [-0.2, -0.15) is 0 Å². The third-order valence-corrected chi connectivity index (χ3v) is 2.72. The standard InChI is InChI=1S/C14H20N2O3/c1-14(2,3)19-13(17)16-11(12-9-18-12)8-10-4-6-15-7-5-10/h4-7,11-12H,8-9H2,1-3H3,(H,16,17)/t11-,12-/m0/s1. The van der Waals surface area contributed by atoms with E-state index in [0.717, 1.165) is 5.56 Å². The second-order valence-electron chi connectivity index (χ2n) is 5.68. The lowest BCUT2D eigenvalue weighted by molar-refractivity contribution is 0.0495. The molecule has 104 valence electrons. The van der Waals surface area contributed by atoms with Crippen LogP contribution in [0.3, 0.4) is 0 Å². The first-order valence-corrected chi connectivity index (χ1v) is 6.44. The molecule has 1 N–H and O–H groups in total. The zero-order valence-corrected chi connectivity index (χ0v) is 11.6. The smallest absolute Gasteiger partial charge is 0.407 e. The largest absolute Gasteiger partial charge is 0.444 e. The van der Waals surface area contributed by atoms with Gasteiger partial charge in [-0.15, -0.1) is 0 Å². The fourth-order valence-electron chi connectivity index (χ4n) is 1.80. The van der Waals surface area contributed by atoms with Gasteiger partial charge >= 0.3 is 6.09 Å². The highest BCUT2D eigenvalue weighted by Gasteiger charge is 2.34. The first-order chi connectivity index (χ1) is 8.94. The Kier molecular flexibility index (Phi) is 4.04. The molecule has 1 aliphatic heterocycles. The van der Waals surface area contributed by atoms with Crippen LogP contribution in [0.1, 0.15) is 26.3 Å². The van der Waals surface area contributed by atoms with Gasteiger partial charge in [0, 0.05) is 12.4 Å². The highest BCUT2D eigenvalue weighted by Crippen LogP contribution is 2.18. The molecule has 0 radical (unpaired) electrons. The Morgan fingerprint density at radius 3 is 2.68 bits per heavy atom. The number of nitrogens with one attached hydrogen (secondary N) is 1. The minimum Gasteiger partial charge on any atom is -0.444 e. The number of carbonyl (C=O) groups excluding carboxylic acids is 1. The molecule has 1 fully saturated rings. The van der Waals surface area contributed by atoms with E-state index in [1.807, 2.05) is 32.9 Å². The molecule has 0 unspecified atom stereocenters. The molecule has 2 heterocycles. The van der Waals surface area contributed by atoms with E-state index in [1.165, 1.54) is 0 Å². The number of ether oxygens (including phenoxy) is 2. The molecule has 0 aliphatic carbocycles. The Hall–Kier alpha value is -1.62. The lowest BCUT2D eigenvalue weighted by atomic mass is 10.1. The molecule has 19 heavy (non-hydrogen) atoms. The van der Waals surface area contributed by atoms with E-state index in [2.05, 4.69) is 10.3 Å². The van der Waals surface area contributed by atoms with Crippen molar-refractivity contribution in [2.45, 2.75) is 44.9 Å². The molecule has 2 atom stereocenters. The summed E-state index contributed by atoms with van der Waals surface area (Å²) in [6.45, 7) is 6.22. The Bertz CT molecular complexity index is 424. The van der Waals surface area contributed by atoms with Crippen LogP contribution in [0.4, 0.5) is 4.79 Å². The highest BCUT2D eigenvalue weighted by molar-refractivity contribution is 5.68. The summed E-state index contributed by atoms with van der Waals surface area (Å²) in [7, 11) is 0. The minimum absolute atomic E-state index is 0.0581. The summed E-state index contributed by atoms with van der Waals surface area (Å²) in [6, 6.07) is 3.82. The topological polar surface area (TPSA) is 63.8 Å². The summed E-state index contributed by atoms with van der Waals surface area (Å²) in [5, 5.41) is 2.88. The first kappa shape index (κ1) is 13.8. The fraction of sp³-hybridized carbons (Fsp3) is 0.571. The van der Waals surface area contributed by atoms with E-state index >= 15 is 0 Å². The van der Waals surface area contributed by atoms with Gasteiger partial charge in [-0.25, -0.2) is 4.79 Å². The quantitative estimate of drug-likeness (QED) is 0.844. The molecule has 0 saturated carbocycles. The molecule has 0 spiro atoms. The summed E-state index contributed by atoms with van der Waals surface area (Å²) in [5.74, 6) is 0. The molecule has 1 aromatic heterocycles. The maximum absolute atomic E-state index is 11.8. The predicted molar refractivity (Wildman–Crippen MR) is 70.8 cm³/mol.